The molecule has 0 saturated carbocycles. The van der Waals surface area contributed by atoms with E-state index in [1.54, 1.807) is 27.3 Å². The Hall–Kier alpha value is -2.20. The molecule has 0 fully saturated rings. The molecule has 2 N–H and O–H groups in total. The van der Waals surface area contributed by atoms with Crippen molar-refractivity contribution in [1.29, 1.82) is 0 Å². The number of carbonyl (C=O) groups is 1. The van der Waals surface area contributed by atoms with Gasteiger partial charge in [-0.1, -0.05) is 17.7 Å². The Balaban J connectivity index is 0.00000363. The zero-order valence-corrected chi connectivity index (χ0v) is 21.9. The minimum Gasteiger partial charge on any atom is -0.493 e. The molecule has 1 heterocycles. The highest BCUT2D eigenvalue weighted by molar-refractivity contribution is 14.0. The van der Waals surface area contributed by atoms with Gasteiger partial charge in [0.2, 0.25) is 5.91 Å². The van der Waals surface area contributed by atoms with Crippen LogP contribution in [0.25, 0.3) is 0 Å². The predicted octanol–water partition coefficient (Wildman–Crippen LogP) is 4.25. The van der Waals surface area contributed by atoms with Crippen molar-refractivity contribution in [3.8, 4) is 11.5 Å². The second-order valence-corrected chi connectivity index (χ2v) is 7.74. The molecule has 0 unspecified atom stereocenters. The van der Waals surface area contributed by atoms with Gasteiger partial charge in [-0.3, -0.25) is 9.79 Å². The van der Waals surface area contributed by atoms with Gasteiger partial charge in [-0.15, -0.1) is 24.0 Å². The normalized spacial score (nSPS) is 13.0. The topological polar surface area (TPSA) is 75.2 Å². The van der Waals surface area contributed by atoms with Gasteiger partial charge in [0.15, 0.2) is 17.5 Å². The number of halogens is 2. The number of rotatable bonds is 6. The maximum atomic E-state index is 12.3. The van der Waals surface area contributed by atoms with Gasteiger partial charge in [-0.05, 0) is 54.3 Å². The SMILES string of the molecule is CN=C(NCCC(=O)Nc1cccc(Cl)c1C)N1CCc2cc(OC)c(OC)cc2C1.I. The maximum Gasteiger partial charge on any atom is 0.226 e. The summed E-state index contributed by atoms with van der Waals surface area (Å²) >= 11 is 6.12. The number of benzene rings is 2. The van der Waals surface area contributed by atoms with Crippen molar-refractivity contribution in [2.45, 2.75) is 26.3 Å². The van der Waals surface area contributed by atoms with Crippen LogP contribution in [0.2, 0.25) is 5.02 Å². The molecule has 0 atom stereocenters. The van der Waals surface area contributed by atoms with E-state index >= 15 is 0 Å². The number of ether oxygens (including phenoxy) is 2. The Labute approximate surface area is 211 Å². The second kappa shape index (κ2) is 12.2. The number of guanidine groups is 1. The fraction of sp³-hybridized carbons (Fsp3) is 0.391. The molecule has 0 bridgehead atoms. The summed E-state index contributed by atoms with van der Waals surface area (Å²) in [7, 11) is 5.04. The first-order valence-corrected chi connectivity index (χ1v) is 10.6. The summed E-state index contributed by atoms with van der Waals surface area (Å²) in [6.45, 7) is 3.91. The number of nitrogens with zero attached hydrogens (tertiary/aromatic N) is 2. The summed E-state index contributed by atoms with van der Waals surface area (Å²) in [4.78, 5) is 18.9. The highest BCUT2D eigenvalue weighted by atomic mass is 127. The monoisotopic (exact) mass is 572 g/mol. The van der Waals surface area contributed by atoms with E-state index in [2.05, 4.69) is 20.5 Å². The van der Waals surface area contributed by atoms with Gasteiger partial charge < -0.3 is 25.0 Å². The predicted molar refractivity (Wildman–Crippen MR) is 140 cm³/mol. The molecule has 7 nitrogen and oxygen atoms in total. The van der Waals surface area contributed by atoms with Crippen LogP contribution in [-0.2, 0) is 17.8 Å². The van der Waals surface area contributed by atoms with Crippen LogP contribution in [0, 0.1) is 6.92 Å². The van der Waals surface area contributed by atoms with Crippen molar-refractivity contribution in [3.05, 3.63) is 52.0 Å². The van der Waals surface area contributed by atoms with E-state index in [0.29, 0.717) is 24.5 Å². The Morgan fingerprint density at radius 2 is 1.88 bits per heavy atom. The summed E-state index contributed by atoms with van der Waals surface area (Å²) in [6.07, 6.45) is 1.20. The molecule has 1 aliphatic heterocycles. The molecule has 174 valence electrons. The average Bonchev–Trinajstić information content (AvgIpc) is 2.78. The number of carbonyl (C=O) groups excluding carboxylic acids is 1. The fourth-order valence-electron chi connectivity index (χ4n) is 3.64. The first-order valence-electron chi connectivity index (χ1n) is 10.2. The van der Waals surface area contributed by atoms with Crippen LogP contribution in [0.3, 0.4) is 0 Å². The molecule has 32 heavy (non-hydrogen) atoms. The number of amides is 1. The lowest BCUT2D eigenvalue weighted by Crippen LogP contribution is -2.44. The van der Waals surface area contributed by atoms with E-state index in [4.69, 9.17) is 21.1 Å². The Kier molecular flexibility index (Phi) is 9.89. The molecule has 0 aromatic heterocycles. The van der Waals surface area contributed by atoms with E-state index < -0.39 is 0 Å². The van der Waals surface area contributed by atoms with E-state index in [0.717, 1.165) is 41.7 Å². The smallest absolute Gasteiger partial charge is 0.226 e. The first-order chi connectivity index (χ1) is 15.0. The number of methoxy groups -OCH3 is 2. The van der Waals surface area contributed by atoms with E-state index in [9.17, 15) is 4.79 Å². The number of anilines is 1. The van der Waals surface area contributed by atoms with Crippen molar-refractivity contribution in [2.24, 2.45) is 4.99 Å². The van der Waals surface area contributed by atoms with Crippen LogP contribution >= 0.6 is 35.6 Å². The van der Waals surface area contributed by atoms with Gasteiger partial charge in [0.05, 0.1) is 14.2 Å². The van der Waals surface area contributed by atoms with Crippen molar-refractivity contribution in [3.63, 3.8) is 0 Å². The third kappa shape index (κ3) is 6.19. The highest BCUT2D eigenvalue weighted by Gasteiger charge is 2.21. The van der Waals surface area contributed by atoms with Crippen LogP contribution in [0.15, 0.2) is 35.3 Å². The minimum atomic E-state index is -0.0749. The van der Waals surface area contributed by atoms with E-state index in [1.165, 1.54) is 11.1 Å². The van der Waals surface area contributed by atoms with Crippen LogP contribution < -0.4 is 20.1 Å². The van der Waals surface area contributed by atoms with Crippen molar-refractivity contribution >= 4 is 53.1 Å². The lowest BCUT2D eigenvalue weighted by Gasteiger charge is -2.32. The molecule has 9 heteroatoms. The maximum absolute atomic E-state index is 12.3. The number of fused-ring (bicyclic) bond motifs is 1. The first kappa shape index (κ1) is 26.1. The minimum absolute atomic E-state index is 0. The largest absolute Gasteiger partial charge is 0.493 e. The van der Waals surface area contributed by atoms with Gasteiger partial charge in [-0.25, -0.2) is 0 Å². The summed E-state index contributed by atoms with van der Waals surface area (Å²) in [5.41, 5.74) is 4.03. The summed E-state index contributed by atoms with van der Waals surface area (Å²) in [6, 6.07) is 9.54. The van der Waals surface area contributed by atoms with Crippen molar-refractivity contribution < 1.29 is 14.3 Å². The van der Waals surface area contributed by atoms with Crippen molar-refractivity contribution in [2.75, 3.05) is 39.7 Å². The van der Waals surface area contributed by atoms with Crippen LogP contribution in [0.1, 0.15) is 23.1 Å². The number of hydrogen-bond donors (Lipinski definition) is 2. The average molecular weight is 573 g/mol. The number of aliphatic imine (C=N–C) groups is 1. The fourth-order valence-corrected chi connectivity index (χ4v) is 3.81. The molecule has 0 radical (unpaired) electrons. The molecule has 2 aromatic carbocycles. The molecule has 0 saturated heterocycles. The molecule has 1 aliphatic rings. The van der Waals surface area contributed by atoms with Crippen LogP contribution in [0.4, 0.5) is 5.69 Å². The van der Waals surface area contributed by atoms with Crippen LogP contribution in [0.5, 0.6) is 11.5 Å². The van der Waals surface area contributed by atoms with Gasteiger partial charge in [0, 0.05) is 43.8 Å². The highest BCUT2D eigenvalue weighted by Crippen LogP contribution is 2.33. The summed E-state index contributed by atoms with van der Waals surface area (Å²) in [5.74, 6) is 2.17. The molecule has 0 spiro atoms. The number of nitrogens with one attached hydrogen (secondary N) is 2. The molecule has 1 amide bonds. The van der Waals surface area contributed by atoms with Crippen LogP contribution in [-0.4, -0.2) is 51.1 Å². The molecular formula is C23H30ClIN4O3. The quantitative estimate of drug-likeness (QED) is 0.308. The van der Waals surface area contributed by atoms with Gasteiger partial charge >= 0.3 is 0 Å². The Bertz CT molecular complexity index is 984. The Morgan fingerprint density at radius 3 is 2.53 bits per heavy atom. The third-order valence-electron chi connectivity index (χ3n) is 5.41. The van der Waals surface area contributed by atoms with Crippen molar-refractivity contribution in [1.82, 2.24) is 10.2 Å². The zero-order valence-electron chi connectivity index (χ0n) is 18.8. The van der Waals surface area contributed by atoms with Gasteiger partial charge in [-0.2, -0.15) is 0 Å². The third-order valence-corrected chi connectivity index (χ3v) is 5.82. The lowest BCUT2D eigenvalue weighted by atomic mass is 9.99. The summed E-state index contributed by atoms with van der Waals surface area (Å²) in [5, 5.41) is 6.85. The Morgan fingerprint density at radius 1 is 1.19 bits per heavy atom. The molecule has 3 rings (SSSR count). The number of hydrogen-bond acceptors (Lipinski definition) is 4. The standard InChI is InChI=1S/C23H29ClN4O3.HI/c1-15-18(24)6-5-7-19(15)27-22(29)8-10-26-23(25-2)28-11-9-16-12-20(30-3)21(31-4)13-17(16)14-28;/h5-7,12-13H,8-11,14H2,1-4H3,(H,25,26)(H,27,29);1H. The van der Waals surface area contributed by atoms with E-state index in [-0.39, 0.29) is 29.9 Å². The van der Waals surface area contributed by atoms with Gasteiger partial charge in [0.25, 0.3) is 0 Å². The second-order valence-electron chi connectivity index (χ2n) is 7.33. The molecule has 2 aromatic rings. The lowest BCUT2D eigenvalue weighted by molar-refractivity contribution is -0.116. The zero-order chi connectivity index (χ0) is 22.4. The molecular weight excluding hydrogens is 543 g/mol. The van der Waals surface area contributed by atoms with Gasteiger partial charge in [0.1, 0.15) is 0 Å². The molecule has 0 aliphatic carbocycles. The summed E-state index contributed by atoms with van der Waals surface area (Å²) < 4.78 is 10.8. The van der Waals surface area contributed by atoms with E-state index in [1.807, 2.05) is 31.2 Å².